The van der Waals surface area contributed by atoms with E-state index in [0.717, 1.165) is 0 Å². The van der Waals surface area contributed by atoms with Gasteiger partial charge in [0.05, 0.1) is 11.6 Å². The molecule has 1 amide bonds. The van der Waals surface area contributed by atoms with Crippen molar-refractivity contribution in [3.63, 3.8) is 0 Å². The molecule has 0 saturated carbocycles. The second-order valence-electron chi connectivity index (χ2n) is 4.44. The first-order chi connectivity index (χ1) is 10.6. The molecule has 6 heteroatoms. The molecule has 0 fully saturated rings. The van der Waals surface area contributed by atoms with Gasteiger partial charge >= 0.3 is 5.97 Å². The Hall–Kier alpha value is -3.20. The second kappa shape index (κ2) is 6.99. The van der Waals surface area contributed by atoms with Gasteiger partial charge in [0.15, 0.2) is 6.10 Å². The molecule has 0 aliphatic rings. The average Bonchev–Trinajstić information content (AvgIpc) is 2.55. The summed E-state index contributed by atoms with van der Waals surface area (Å²) in [5.74, 6) is -1.16. The Morgan fingerprint density at radius 2 is 2.09 bits per heavy atom. The fourth-order valence-corrected chi connectivity index (χ4v) is 1.67. The minimum Gasteiger partial charge on any atom is -0.448 e. The zero-order valence-electron chi connectivity index (χ0n) is 11.8. The molecular formula is C16H13N3O3. The minimum atomic E-state index is -0.986. The summed E-state index contributed by atoms with van der Waals surface area (Å²) in [7, 11) is 0. The molecule has 2 rings (SSSR count). The van der Waals surface area contributed by atoms with Crippen LogP contribution in [-0.4, -0.2) is 23.0 Å². The lowest BCUT2D eigenvalue weighted by Crippen LogP contribution is -2.30. The molecule has 1 aromatic heterocycles. The van der Waals surface area contributed by atoms with Crippen LogP contribution in [0.2, 0.25) is 0 Å². The smallest absolute Gasteiger partial charge is 0.357 e. The maximum Gasteiger partial charge on any atom is 0.357 e. The molecule has 1 N–H and O–H groups in total. The lowest BCUT2D eigenvalue weighted by molar-refractivity contribution is -0.123. The van der Waals surface area contributed by atoms with Crippen LogP contribution in [0.4, 0.5) is 5.69 Å². The zero-order valence-corrected chi connectivity index (χ0v) is 11.8. The van der Waals surface area contributed by atoms with Gasteiger partial charge in [0.25, 0.3) is 5.91 Å². The lowest BCUT2D eigenvalue weighted by Gasteiger charge is -2.13. The Bertz CT molecular complexity index is 723. The number of amides is 1. The summed E-state index contributed by atoms with van der Waals surface area (Å²) >= 11 is 0. The van der Waals surface area contributed by atoms with Crippen LogP contribution in [0.25, 0.3) is 0 Å². The van der Waals surface area contributed by atoms with E-state index in [1.807, 2.05) is 6.07 Å². The summed E-state index contributed by atoms with van der Waals surface area (Å²) in [6, 6.07) is 13.3. The molecule has 0 bridgehead atoms. The van der Waals surface area contributed by atoms with Gasteiger partial charge in [-0.05, 0) is 37.3 Å². The second-order valence-corrected chi connectivity index (χ2v) is 4.44. The van der Waals surface area contributed by atoms with Gasteiger partial charge in [0.1, 0.15) is 5.69 Å². The summed E-state index contributed by atoms with van der Waals surface area (Å²) in [6.07, 6.45) is 0.481. The van der Waals surface area contributed by atoms with Crippen LogP contribution in [0.15, 0.2) is 48.7 Å². The molecule has 1 heterocycles. The van der Waals surface area contributed by atoms with E-state index in [1.54, 1.807) is 30.3 Å². The third-order valence-corrected chi connectivity index (χ3v) is 2.79. The van der Waals surface area contributed by atoms with Crippen molar-refractivity contribution in [2.45, 2.75) is 13.0 Å². The number of carbonyl (C=O) groups excluding carboxylic acids is 2. The number of benzene rings is 1. The van der Waals surface area contributed by atoms with E-state index in [0.29, 0.717) is 11.3 Å². The number of carbonyl (C=O) groups is 2. The van der Waals surface area contributed by atoms with Gasteiger partial charge < -0.3 is 10.1 Å². The molecule has 0 aliphatic heterocycles. The maximum absolute atomic E-state index is 12.0. The monoisotopic (exact) mass is 295 g/mol. The van der Waals surface area contributed by atoms with E-state index < -0.39 is 18.0 Å². The quantitative estimate of drug-likeness (QED) is 0.872. The van der Waals surface area contributed by atoms with Gasteiger partial charge in [0, 0.05) is 11.9 Å². The van der Waals surface area contributed by atoms with E-state index >= 15 is 0 Å². The molecule has 0 aliphatic carbocycles. The SMILES string of the molecule is C[C@H](OC(=O)c1ccccn1)C(=O)Nc1cccc(C#N)c1. The van der Waals surface area contributed by atoms with Crippen molar-refractivity contribution < 1.29 is 14.3 Å². The van der Waals surface area contributed by atoms with Crippen LogP contribution >= 0.6 is 0 Å². The van der Waals surface area contributed by atoms with Crippen molar-refractivity contribution in [1.82, 2.24) is 4.98 Å². The Labute approximate surface area is 127 Å². The maximum atomic E-state index is 12.0. The number of anilines is 1. The molecule has 1 aromatic carbocycles. The summed E-state index contributed by atoms with van der Waals surface area (Å²) in [4.78, 5) is 27.6. The lowest BCUT2D eigenvalue weighted by atomic mass is 10.2. The van der Waals surface area contributed by atoms with Crippen molar-refractivity contribution in [1.29, 1.82) is 5.26 Å². The highest BCUT2D eigenvalue weighted by Gasteiger charge is 2.19. The average molecular weight is 295 g/mol. The number of esters is 1. The summed E-state index contributed by atoms with van der Waals surface area (Å²) in [5, 5.41) is 11.4. The zero-order chi connectivity index (χ0) is 15.9. The topological polar surface area (TPSA) is 92.1 Å². The van der Waals surface area contributed by atoms with E-state index in [1.165, 1.54) is 25.3 Å². The number of nitrogens with zero attached hydrogens (tertiary/aromatic N) is 2. The summed E-state index contributed by atoms with van der Waals surface area (Å²) in [6.45, 7) is 1.46. The molecular weight excluding hydrogens is 282 g/mol. The number of ether oxygens (including phenoxy) is 1. The van der Waals surface area contributed by atoms with Gasteiger partial charge in [-0.15, -0.1) is 0 Å². The van der Waals surface area contributed by atoms with E-state index in [4.69, 9.17) is 10.00 Å². The Kier molecular flexibility index (Phi) is 4.83. The van der Waals surface area contributed by atoms with Crippen LogP contribution in [-0.2, 0) is 9.53 Å². The van der Waals surface area contributed by atoms with Crippen molar-refractivity contribution in [2.24, 2.45) is 0 Å². The van der Waals surface area contributed by atoms with Crippen molar-refractivity contribution >= 4 is 17.6 Å². The van der Waals surface area contributed by atoms with E-state index in [-0.39, 0.29) is 5.69 Å². The Morgan fingerprint density at radius 1 is 1.27 bits per heavy atom. The van der Waals surface area contributed by atoms with Crippen molar-refractivity contribution in [3.8, 4) is 6.07 Å². The van der Waals surface area contributed by atoms with Gasteiger partial charge in [-0.2, -0.15) is 5.26 Å². The number of pyridine rings is 1. The predicted octanol–water partition coefficient (Wildman–Crippen LogP) is 2.14. The van der Waals surface area contributed by atoms with Crippen LogP contribution in [0, 0.1) is 11.3 Å². The number of aromatic nitrogens is 1. The molecule has 2 aromatic rings. The molecule has 0 spiro atoms. The number of hydrogen-bond acceptors (Lipinski definition) is 5. The summed E-state index contributed by atoms with van der Waals surface area (Å²) < 4.78 is 5.05. The van der Waals surface area contributed by atoms with Crippen LogP contribution in [0.3, 0.4) is 0 Å². The third kappa shape index (κ3) is 3.90. The van der Waals surface area contributed by atoms with Gasteiger partial charge in [0.2, 0.25) is 0 Å². The van der Waals surface area contributed by atoms with Crippen molar-refractivity contribution in [3.05, 3.63) is 59.9 Å². The molecule has 6 nitrogen and oxygen atoms in total. The highest BCUT2D eigenvalue weighted by atomic mass is 16.5. The Balaban J connectivity index is 1.97. The van der Waals surface area contributed by atoms with Crippen LogP contribution in [0.5, 0.6) is 0 Å². The standard InChI is InChI=1S/C16H13N3O3/c1-11(22-16(21)14-7-2-3-8-18-14)15(20)19-13-6-4-5-12(9-13)10-17/h2-9,11H,1H3,(H,19,20)/t11-/m0/s1. The summed E-state index contributed by atoms with van der Waals surface area (Å²) in [5.41, 5.74) is 1.02. The molecule has 1 atom stereocenters. The highest BCUT2D eigenvalue weighted by molar-refractivity contribution is 5.96. The van der Waals surface area contributed by atoms with E-state index in [9.17, 15) is 9.59 Å². The molecule has 0 saturated heterocycles. The largest absolute Gasteiger partial charge is 0.448 e. The first-order valence-corrected chi connectivity index (χ1v) is 6.53. The normalized spacial score (nSPS) is 11.1. The number of rotatable bonds is 4. The molecule has 0 radical (unpaired) electrons. The van der Waals surface area contributed by atoms with Gasteiger partial charge in [-0.3, -0.25) is 4.79 Å². The predicted molar refractivity (Wildman–Crippen MR) is 78.9 cm³/mol. The van der Waals surface area contributed by atoms with Crippen LogP contribution in [0.1, 0.15) is 23.0 Å². The molecule has 0 unspecified atom stereocenters. The van der Waals surface area contributed by atoms with Gasteiger partial charge in [-0.1, -0.05) is 12.1 Å². The number of hydrogen-bond donors (Lipinski definition) is 1. The molecule has 110 valence electrons. The fraction of sp³-hybridized carbons (Fsp3) is 0.125. The minimum absolute atomic E-state index is 0.133. The Morgan fingerprint density at radius 3 is 2.77 bits per heavy atom. The van der Waals surface area contributed by atoms with E-state index in [2.05, 4.69) is 10.3 Å². The number of nitriles is 1. The third-order valence-electron chi connectivity index (χ3n) is 2.79. The first-order valence-electron chi connectivity index (χ1n) is 6.53. The number of nitrogens with one attached hydrogen (secondary N) is 1. The highest BCUT2D eigenvalue weighted by Crippen LogP contribution is 2.11. The van der Waals surface area contributed by atoms with Crippen molar-refractivity contribution in [2.75, 3.05) is 5.32 Å². The van der Waals surface area contributed by atoms with Gasteiger partial charge in [-0.25, -0.2) is 9.78 Å². The fourth-order valence-electron chi connectivity index (χ4n) is 1.67. The molecule has 22 heavy (non-hydrogen) atoms. The van der Waals surface area contributed by atoms with Crippen LogP contribution < -0.4 is 5.32 Å². The first kappa shape index (κ1) is 15.2.